The topological polar surface area (TPSA) is 56.7 Å². The molecule has 0 bridgehead atoms. The third-order valence-electron chi connectivity index (χ3n) is 3.16. The molecular weight excluding hydrogens is 212 g/mol. The van der Waals surface area contributed by atoms with Gasteiger partial charge in [-0.25, -0.2) is 4.98 Å². The molecule has 0 aliphatic heterocycles. The van der Waals surface area contributed by atoms with Crippen LogP contribution >= 0.6 is 0 Å². The Bertz CT molecular complexity index is 324. The number of hydrogen-bond acceptors (Lipinski definition) is 3. The van der Waals surface area contributed by atoms with Crippen LogP contribution in [0.15, 0.2) is 6.33 Å². The standard InChI is InChI=1S/C13H26N4/c1-5-9-17-12(15-10-16-17)8-6-7-11(14)13(2,3)4/h10-11H,5-9,14H2,1-4H3. The van der Waals surface area contributed by atoms with Crippen molar-refractivity contribution < 1.29 is 0 Å². The van der Waals surface area contributed by atoms with Crippen molar-refractivity contribution in [3.05, 3.63) is 12.2 Å². The largest absolute Gasteiger partial charge is 0.327 e. The molecule has 17 heavy (non-hydrogen) atoms. The zero-order valence-corrected chi connectivity index (χ0v) is 11.6. The maximum Gasteiger partial charge on any atom is 0.138 e. The van der Waals surface area contributed by atoms with Gasteiger partial charge in [-0.15, -0.1) is 0 Å². The van der Waals surface area contributed by atoms with Gasteiger partial charge < -0.3 is 5.73 Å². The fourth-order valence-electron chi connectivity index (χ4n) is 1.79. The third-order valence-corrected chi connectivity index (χ3v) is 3.16. The van der Waals surface area contributed by atoms with Crippen molar-refractivity contribution in [2.24, 2.45) is 11.1 Å². The van der Waals surface area contributed by atoms with E-state index >= 15 is 0 Å². The van der Waals surface area contributed by atoms with Crippen molar-refractivity contribution in [2.45, 2.75) is 66.0 Å². The monoisotopic (exact) mass is 238 g/mol. The third kappa shape index (κ3) is 4.46. The van der Waals surface area contributed by atoms with Crippen LogP contribution in [-0.4, -0.2) is 20.8 Å². The summed E-state index contributed by atoms with van der Waals surface area (Å²) in [5.41, 5.74) is 6.34. The molecule has 2 N–H and O–H groups in total. The molecule has 1 rings (SSSR count). The Kier molecular flexibility index (Phi) is 5.12. The van der Waals surface area contributed by atoms with E-state index in [-0.39, 0.29) is 11.5 Å². The van der Waals surface area contributed by atoms with Crippen molar-refractivity contribution in [1.29, 1.82) is 0 Å². The highest BCUT2D eigenvalue weighted by Gasteiger charge is 2.20. The summed E-state index contributed by atoms with van der Waals surface area (Å²) < 4.78 is 2.00. The quantitative estimate of drug-likeness (QED) is 0.828. The van der Waals surface area contributed by atoms with Gasteiger partial charge in [-0.2, -0.15) is 5.10 Å². The number of nitrogens with zero attached hydrogens (tertiary/aromatic N) is 3. The number of nitrogens with two attached hydrogens (primary N) is 1. The summed E-state index contributed by atoms with van der Waals surface area (Å²) in [5.74, 6) is 1.09. The minimum atomic E-state index is 0.192. The maximum atomic E-state index is 6.14. The van der Waals surface area contributed by atoms with Crippen LogP contribution in [0.4, 0.5) is 0 Å². The zero-order chi connectivity index (χ0) is 12.9. The average molecular weight is 238 g/mol. The summed E-state index contributed by atoms with van der Waals surface area (Å²) in [6.07, 6.45) is 5.85. The smallest absolute Gasteiger partial charge is 0.138 e. The van der Waals surface area contributed by atoms with Gasteiger partial charge in [0.2, 0.25) is 0 Å². The van der Waals surface area contributed by atoms with Crippen LogP contribution in [0.3, 0.4) is 0 Å². The van der Waals surface area contributed by atoms with Crippen LogP contribution in [0, 0.1) is 5.41 Å². The lowest BCUT2D eigenvalue weighted by Gasteiger charge is -2.26. The van der Waals surface area contributed by atoms with Gasteiger partial charge in [-0.05, 0) is 24.7 Å². The van der Waals surface area contributed by atoms with Gasteiger partial charge in [0.1, 0.15) is 12.2 Å². The highest BCUT2D eigenvalue weighted by Crippen LogP contribution is 2.21. The maximum absolute atomic E-state index is 6.14. The number of rotatable bonds is 6. The van der Waals surface area contributed by atoms with Crippen molar-refractivity contribution in [3.63, 3.8) is 0 Å². The lowest BCUT2D eigenvalue weighted by Crippen LogP contribution is -2.34. The van der Waals surface area contributed by atoms with Crippen LogP contribution in [0.2, 0.25) is 0 Å². The van der Waals surface area contributed by atoms with Crippen molar-refractivity contribution in [2.75, 3.05) is 0 Å². The first kappa shape index (κ1) is 14.2. The highest BCUT2D eigenvalue weighted by molar-refractivity contribution is 4.86. The van der Waals surface area contributed by atoms with E-state index < -0.39 is 0 Å². The summed E-state index contributed by atoms with van der Waals surface area (Å²) in [6.45, 7) is 9.69. The van der Waals surface area contributed by atoms with Crippen molar-refractivity contribution >= 4 is 0 Å². The number of aromatic nitrogens is 3. The van der Waals surface area contributed by atoms with E-state index in [9.17, 15) is 0 Å². The SMILES string of the molecule is CCCn1ncnc1CCCC(N)C(C)(C)C. The zero-order valence-electron chi connectivity index (χ0n) is 11.6. The van der Waals surface area contributed by atoms with Crippen LogP contribution in [0.5, 0.6) is 0 Å². The number of aryl methyl sites for hydroxylation is 2. The molecule has 1 aromatic heterocycles. The van der Waals surface area contributed by atoms with Gasteiger partial charge in [0.05, 0.1) is 0 Å². The molecule has 1 aromatic rings. The molecule has 0 aliphatic rings. The van der Waals surface area contributed by atoms with E-state index in [4.69, 9.17) is 5.73 Å². The van der Waals surface area contributed by atoms with E-state index in [0.717, 1.165) is 38.1 Å². The van der Waals surface area contributed by atoms with Crippen LogP contribution in [0.25, 0.3) is 0 Å². The Morgan fingerprint density at radius 3 is 2.71 bits per heavy atom. The minimum Gasteiger partial charge on any atom is -0.327 e. The fraction of sp³-hybridized carbons (Fsp3) is 0.846. The normalized spacial score (nSPS) is 13.9. The lowest BCUT2D eigenvalue weighted by molar-refractivity contribution is 0.300. The average Bonchev–Trinajstić information content (AvgIpc) is 2.65. The van der Waals surface area contributed by atoms with E-state index in [1.807, 2.05) is 4.68 Å². The molecule has 1 unspecified atom stereocenters. The van der Waals surface area contributed by atoms with Gasteiger partial charge in [0.15, 0.2) is 0 Å². The first-order valence-corrected chi connectivity index (χ1v) is 6.57. The molecule has 0 amide bonds. The van der Waals surface area contributed by atoms with E-state index in [1.54, 1.807) is 6.33 Å². The second-order valence-corrected chi connectivity index (χ2v) is 5.76. The summed E-state index contributed by atoms with van der Waals surface area (Å²) in [6, 6.07) is 0.255. The van der Waals surface area contributed by atoms with E-state index in [2.05, 4.69) is 37.8 Å². The van der Waals surface area contributed by atoms with Gasteiger partial charge >= 0.3 is 0 Å². The Morgan fingerprint density at radius 1 is 1.41 bits per heavy atom. The molecule has 0 aromatic carbocycles. The van der Waals surface area contributed by atoms with Gasteiger partial charge in [-0.1, -0.05) is 27.7 Å². The second-order valence-electron chi connectivity index (χ2n) is 5.76. The van der Waals surface area contributed by atoms with Crippen LogP contribution < -0.4 is 5.73 Å². The molecule has 98 valence electrons. The van der Waals surface area contributed by atoms with Crippen LogP contribution in [0.1, 0.15) is 52.8 Å². The molecular formula is C13H26N4. The van der Waals surface area contributed by atoms with Gasteiger partial charge in [0.25, 0.3) is 0 Å². The van der Waals surface area contributed by atoms with Crippen molar-refractivity contribution in [3.8, 4) is 0 Å². The van der Waals surface area contributed by atoms with Crippen molar-refractivity contribution in [1.82, 2.24) is 14.8 Å². The Hall–Kier alpha value is -0.900. The molecule has 1 heterocycles. The molecule has 0 saturated heterocycles. The lowest BCUT2D eigenvalue weighted by atomic mass is 9.84. The second kappa shape index (κ2) is 6.15. The summed E-state index contributed by atoms with van der Waals surface area (Å²) in [4.78, 5) is 4.30. The summed E-state index contributed by atoms with van der Waals surface area (Å²) in [7, 11) is 0. The Balaban J connectivity index is 2.38. The Morgan fingerprint density at radius 2 is 2.12 bits per heavy atom. The van der Waals surface area contributed by atoms with Gasteiger partial charge in [0, 0.05) is 19.0 Å². The molecule has 1 atom stereocenters. The first-order chi connectivity index (χ1) is 7.95. The molecule has 0 spiro atoms. The minimum absolute atomic E-state index is 0.192. The van der Waals surface area contributed by atoms with Gasteiger partial charge in [-0.3, -0.25) is 4.68 Å². The molecule has 4 heteroatoms. The highest BCUT2D eigenvalue weighted by atomic mass is 15.3. The molecule has 0 saturated carbocycles. The predicted octanol–water partition coefficient (Wildman–Crippen LogP) is 2.38. The Labute approximate surface area is 105 Å². The molecule has 4 nitrogen and oxygen atoms in total. The summed E-state index contributed by atoms with van der Waals surface area (Å²) >= 11 is 0. The molecule has 0 aliphatic carbocycles. The predicted molar refractivity (Wildman–Crippen MR) is 70.7 cm³/mol. The van der Waals surface area contributed by atoms with Crippen LogP contribution in [-0.2, 0) is 13.0 Å². The summed E-state index contributed by atoms with van der Waals surface area (Å²) in [5, 5.41) is 4.23. The molecule has 0 fully saturated rings. The number of hydrogen-bond donors (Lipinski definition) is 1. The molecule has 0 radical (unpaired) electrons. The van der Waals surface area contributed by atoms with E-state index in [1.165, 1.54) is 0 Å². The fourth-order valence-corrected chi connectivity index (χ4v) is 1.79. The first-order valence-electron chi connectivity index (χ1n) is 6.57. The van der Waals surface area contributed by atoms with E-state index in [0.29, 0.717) is 0 Å².